The highest BCUT2D eigenvalue weighted by molar-refractivity contribution is 5.86. The van der Waals surface area contributed by atoms with E-state index < -0.39 is 12.1 Å². The second kappa shape index (κ2) is 12.7. The fourth-order valence-electron chi connectivity index (χ4n) is 6.28. The Morgan fingerprint density at radius 1 is 1.16 bits per heavy atom. The third-order valence-corrected chi connectivity index (χ3v) is 8.78. The van der Waals surface area contributed by atoms with Crippen LogP contribution in [0.4, 0.5) is 10.1 Å². The quantitative estimate of drug-likeness (QED) is 0.201. The number of fused-ring (bicyclic) bond motifs is 7. The standard InChI is InChI=1S/C36H40FN3O5/c1-5-43-35(42)33(41)31-23(2)21-40-22-29-26-11-8-10-25(19-26)28-13-12-27(37)20-30(28)45-24(3)9-6-7-18-44-36(4)14-16-39(17-15-36)32(31)34(40)38-29/h6-8,10-13,19-22,24,33,41H,5,9,14-18H2,1-4H3/b7-6+/t24-,33-/m0/s1. The molecule has 1 N–H and O–H groups in total. The van der Waals surface area contributed by atoms with Crippen LogP contribution >= 0.6 is 0 Å². The smallest absolute Gasteiger partial charge is 0.339 e. The molecule has 0 amide bonds. The third kappa shape index (κ3) is 6.32. The lowest BCUT2D eigenvalue weighted by atomic mass is 9.92. The molecule has 45 heavy (non-hydrogen) atoms. The van der Waals surface area contributed by atoms with Crippen LogP contribution in [-0.4, -0.2) is 58.5 Å². The highest BCUT2D eigenvalue weighted by Gasteiger charge is 2.35. The lowest BCUT2D eigenvalue weighted by Crippen LogP contribution is -2.45. The van der Waals surface area contributed by atoms with Gasteiger partial charge in [-0.3, -0.25) is 0 Å². The van der Waals surface area contributed by atoms with Crippen molar-refractivity contribution in [3.8, 4) is 28.1 Å². The Balaban J connectivity index is 1.52. The van der Waals surface area contributed by atoms with Crippen LogP contribution in [0.15, 0.2) is 67.0 Å². The lowest BCUT2D eigenvalue weighted by molar-refractivity contribution is -0.153. The van der Waals surface area contributed by atoms with E-state index >= 15 is 0 Å². The molecule has 2 aromatic carbocycles. The highest BCUT2D eigenvalue weighted by atomic mass is 19.1. The van der Waals surface area contributed by atoms with Crippen molar-refractivity contribution in [3.05, 3.63) is 84.0 Å². The van der Waals surface area contributed by atoms with E-state index in [9.17, 15) is 14.3 Å². The Hall–Kier alpha value is -4.21. The largest absolute Gasteiger partial charge is 0.490 e. The molecule has 8 nitrogen and oxygen atoms in total. The summed E-state index contributed by atoms with van der Waals surface area (Å²) in [5, 5.41) is 11.3. The molecule has 0 saturated carbocycles. The number of imidazole rings is 1. The summed E-state index contributed by atoms with van der Waals surface area (Å²) in [4.78, 5) is 20.1. The Kier molecular flexibility index (Phi) is 8.66. The molecule has 3 aliphatic heterocycles. The summed E-state index contributed by atoms with van der Waals surface area (Å²) in [6, 6.07) is 12.5. The number of halogens is 1. The summed E-state index contributed by atoms with van der Waals surface area (Å²) in [5.74, 6) is -0.574. The van der Waals surface area contributed by atoms with Gasteiger partial charge in [-0.2, -0.15) is 0 Å². The zero-order valence-electron chi connectivity index (χ0n) is 26.3. The van der Waals surface area contributed by atoms with Crippen molar-refractivity contribution < 1.29 is 28.5 Å². The van der Waals surface area contributed by atoms with Gasteiger partial charge in [0.05, 0.1) is 36.3 Å². The first kappa shape index (κ1) is 30.8. The summed E-state index contributed by atoms with van der Waals surface area (Å²) >= 11 is 0. The molecule has 2 aromatic heterocycles. The molecule has 1 fully saturated rings. The first-order chi connectivity index (χ1) is 21.7. The molecular formula is C36H40FN3O5. The number of rotatable bonds is 3. The molecule has 2 atom stereocenters. The van der Waals surface area contributed by atoms with E-state index in [4.69, 9.17) is 19.2 Å². The zero-order chi connectivity index (χ0) is 31.7. The highest BCUT2D eigenvalue weighted by Crippen LogP contribution is 2.40. The summed E-state index contributed by atoms with van der Waals surface area (Å²) in [6.07, 6.45) is 8.45. The van der Waals surface area contributed by atoms with E-state index in [2.05, 4.69) is 11.8 Å². The van der Waals surface area contributed by atoms with Crippen LogP contribution < -0.4 is 9.64 Å². The first-order valence-corrected chi connectivity index (χ1v) is 15.6. The number of aliphatic hydroxyl groups excluding tert-OH is 1. The number of hydrogen-bond donors (Lipinski definition) is 1. The number of pyridine rings is 1. The van der Waals surface area contributed by atoms with Gasteiger partial charge in [-0.25, -0.2) is 14.2 Å². The number of ether oxygens (including phenoxy) is 3. The fourth-order valence-corrected chi connectivity index (χ4v) is 6.28. The van der Waals surface area contributed by atoms with Crippen LogP contribution in [0.25, 0.3) is 28.0 Å². The van der Waals surface area contributed by atoms with Gasteiger partial charge in [0.25, 0.3) is 0 Å². The Labute approximate surface area is 263 Å². The average Bonchev–Trinajstić information content (AvgIpc) is 3.44. The molecule has 0 unspecified atom stereocenters. The van der Waals surface area contributed by atoms with E-state index in [1.54, 1.807) is 13.0 Å². The van der Waals surface area contributed by atoms with E-state index in [0.717, 1.165) is 46.5 Å². The minimum Gasteiger partial charge on any atom is -0.490 e. The molecule has 0 radical (unpaired) electrons. The minimum atomic E-state index is -1.45. The van der Waals surface area contributed by atoms with Gasteiger partial charge >= 0.3 is 5.97 Å². The molecule has 0 spiro atoms. The molecule has 236 valence electrons. The van der Waals surface area contributed by atoms with Gasteiger partial charge in [-0.1, -0.05) is 30.4 Å². The second-order valence-corrected chi connectivity index (χ2v) is 12.2. The maximum atomic E-state index is 14.4. The maximum absolute atomic E-state index is 14.4. The van der Waals surface area contributed by atoms with Gasteiger partial charge in [0.1, 0.15) is 11.6 Å². The van der Waals surface area contributed by atoms with Gasteiger partial charge < -0.3 is 28.6 Å². The normalized spacial score (nSPS) is 21.6. The molecule has 0 aliphatic carbocycles. The molecule has 1 saturated heterocycles. The number of nitrogens with zero attached hydrogens (tertiary/aromatic N) is 3. The van der Waals surface area contributed by atoms with E-state index in [1.165, 1.54) is 12.1 Å². The number of benzene rings is 2. The van der Waals surface area contributed by atoms with Crippen molar-refractivity contribution in [2.75, 3.05) is 31.2 Å². The summed E-state index contributed by atoms with van der Waals surface area (Å²) in [7, 11) is 0. The van der Waals surface area contributed by atoms with Gasteiger partial charge in [-0.15, -0.1) is 0 Å². The molecule has 7 rings (SSSR count). The minimum absolute atomic E-state index is 0.171. The maximum Gasteiger partial charge on any atom is 0.339 e. The topological polar surface area (TPSA) is 85.5 Å². The molecule has 3 aliphatic rings. The Bertz CT molecular complexity index is 1740. The van der Waals surface area contributed by atoms with Crippen LogP contribution in [0.1, 0.15) is 57.3 Å². The average molecular weight is 614 g/mol. The molecule has 4 aromatic rings. The Morgan fingerprint density at radius 3 is 2.71 bits per heavy atom. The number of aromatic nitrogens is 2. The Morgan fingerprint density at radius 2 is 1.93 bits per heavy atom. The number of hydrogen-bond acceptors (Lipinski definition) is 7. The van der Waals surface area contributed by atoms with Crippen LogP contribution in [0.5, 0.6) is 5.75 Å². The fraction of sp³-hybridized carbons (Fsp3) is 0.389. The first-order valence-electron chi connectivity index (χ1n) is 15.6. The molecule has 6 bridgehead atoms. The number of carbonyl (C=O) groups is 1. The van der Waals surface area contributed by atoms with Crippen LogP contribution in [0.3, 0.4) is 0 Å². The van der Waals surface area contributed by atoms with Crippen LogP contribution in [0.2, 0.25) is 0 Å². The molecule has 5 heterocycles. The molecular weight excluding hydrogens is 573 g/mol. The third-order valence-electron chi connectivity index (χ3n) is 8.78. The predicted octanol–water partition coefficient (Wildman–Crippen LogP) is 6.82. The van der Waals surface area contributed by atoms with Crippen molar-refractivity contribution in [1.29, 1.82) is 0 Å². The molecule has 9 heteroatoms. The summed E-state index contributed by atoms with van der Waals surface area (Å²) < 4.78 is 34.2. The van der Waals surface area contributed by atoms with Crippen molar-refractivity contribution in [2.45, 2.75) is 64.8 Å². The summed E-state index contributed by atoms with van der Waals surface area (Å²) in [6.45, 7) is 9.68. The van der Waals surface area contributed by atoms with Crippen molar-refractivity contribution in [2.24, 2.45) is 0 Å². The monoisotopic (exact) mass is 613 g/mol. The van der Waals surface area contributed by atoms with Crippen molar-refractivity contribution in [1.82, 2.24) is 9.38 Å². The number of esters is 1. The van der Waals surface area contributed by atoms with E-state index in [-0.39, 0.29) is 24.1 Å². The van der Waals surface area contributed by atoms with Gasteiger partial charge in [0, 0.05) is 54.7 Å². The van der Waals surface area contributed by atoms with Crippen LogP contribution in [-0.2, 0) is 14.3 Å². The summed E-state index contributed by atoms with van der Waals surface area (Å²) in [5.41, 5.74) is 5.53. The van der Waals surface area contributed by atoms with E-state index in [1.807, 2.05) is 67.1 Å². The number of anilines is 1. The van der Waals surface area contributed by atoms with Gasteiger partial charge in [0.2, 0.25) is 0 Å². The second-order valence-electron chi connectivity index (χ2n) is 12.2. The number of piperidine rings is 1. The van der Waals surface area contributed by atoms with Gasteiger partial charge in [0.15, 0.2) is 11.8 Å². The number of aryl methyl sites for hydroxylation is 1. The van der Waals surface area contributed by atoms with E-state index in [0.29, 0.717) is 43.1 Å². The van der Waals surface area contributed by atoms with Crippen molar-refractivity contribution in [3.63, 3.8) is 0 Å². The lowest BCUT2D eigenvalue weighted by Gasteiger charge is -2.41. The SMILES string of the molecule is CCOC(=O)[C@@H](O)c1c(C)cn2cc3nc2c1N1CCC(C)(CC1)OC/C=C/C[C@H](C)Oc1cc(F)ccc1-c1cccc-3c1. The van der Waals surface area contributed by atoms with Gasteiger partial charge in [-0.05, 0) is 69.9 Å². The zero-order valence-corrected chi connectivity index (χ0v) is 26.3. The van der Waals surface area contributed by atoms with Crippen LogP contribution in [0, 0.1) is 12.7 Å². The van der Waals surface area contributed by atoms with Crippen molar-refractivity contribution >= 4 is 17.3 Å². The number of carbonyl (C=O) groups excluding carboxylic acids is 1. The predicted molar refractivity (Wildman–Crippen MR) is 172 cm³/mol. The number of aliphatic hydroxyl groups is 1.